The van der Waals surface area contributed by atoms with Gasteiger partial charge >= 0.3 is 0 Å². The highest BCUT2D eigenvalue weighted by Gasteiger charge is 2.28. The van der Waals surface area contributed by atoms with Gasteiger partial charge in [0.25, 0.3) is 5.91 Å². The van der Waals surface area contributed by atoms with Crippen molar-refractivity contribution < 1.29 is 9.59 Å². The van der Waals surface area contributed by atoms with Crippen LogP contribution in [0.25, 0.3) is 0 Å². The first-order valence-electron chi connectivity index (χ1n) is 6.70. The van der Waals surface area contributed by atoms with Crippen molar-refractivity contribution in [2.45, 2.75) is 26.7 Å². The molecule has 1 aromatic carbocycles. The van der Waals surface area contributed by atoms with Gasteiger partial charge in [0.05, 0.1) is 0 Å². The van der Waals surface area contributed by atoms with Gasteiger partial charge in [-0.2, -0.15) is 0 Å². The molecule has 0 aromatic heterocycles. The number of hydrogen-bond acceptors (Lipinski definition) is 2. The van der Waals surface area contributed by atoms with Crippen LogP contribution in [0.5, 0.6) is 0 Å². The highest BCUT2D eigenvalue weighted by atomic mass is 16.2. The van der Waals surface area contributed by atoms with Gasteiger partial charge in [0.2, 0.25) is 5.91 Å². The number of aryl methyl sites for hydroxylation is 2. The van der Waals surface area contributed by atoms with E-state index < -0.39 is 0 Å². The molecule has 2 N–H and O–H groups in total. The molecule has 0 heterocycles. The lowest BCUT2D eigenvalue weighted by Gasteiger charge is -2.08. The van der Waals surface area contributed by atoms with Gasteiger partial charge < -0.3 is 10.6 Å². The highest BCUT2D eigenvalue weighted by Crippen LogP contribution is 2.28. The first-order valence-corrected chi connectivity index (χ1v) is 6.70. The summed E-state index contributed by atoms with van der Waals surface area (Å²) in [5, 5.41) is 5.63. The van der Waals surface area contributed by atoms with Crippen LogP contribution < -0.4 is 10.6 Å². The maximum absolute atomic E-state index is 11.9. The van der Waals surface area contributed by atoms with E-state index in [-0.39, 0.29) is 17.7 Å². The van der Waals surface area contributed by atoms with Crippen molar-refractivity contribution in [1.82, 2.24) is 10.6 Å². The van der Waals surface area contributed by atoms with Crippen LogP contribution in [0.3, 0.4) is 0 Å². The number of nitrogens with one attached hydrogen (secondary N) is 2. The zero-order valence-corrected chi connectivity index (χ0v) is 11.5. The van der Waals surface area contributed by atoms with E-state index in [1.54, 1.807) is 0 Å². The molecule has 1 aliphatic carbocycles. The van der Waals surface area contributed by atoms with Crippen molar-refractivity contribution >= 4 is 11.8 Å². The minimum absolute atomic E-state index is 0.0903. The summed E-state index contributed by atoms with van der Waals surface area (Å²) in [5.74, 6) is 0.239. The molecule has 4 heteroatoms. The third kappa shape index (κ3) is 4.09. The Morgan fingerprint density at radius 2 is 1.63 bits per heavy atom. The number of carbonyl (C=O) groups excluding carboxylic acids is 2. The molecule has 0 saturated heterocycles. The first-order chi connectivity index (χ1) is 9.06. The maximum Gasteiger partial charge on any atom is 0.251 e. The lowest BCUT2D eigenvalue weighted by molar-refractivity contribution is -0.122. The van der Waals surface area contributed by atoms with Crippen molar-refractivity contribution in [1.29, 1.82) is 0 Å². The molecule has 4 nitrogen and oxygen atoms in total. The largest absolute Gasteiger partial charge is 0.354 e. The minimum Gasteiger partial charge on any atom is -0.354 e. The van der Waals surface area contributed by atoms with Crippen LogP contribution in [0.15, 0.2) is 18.2 Å². The summed E-state index contributed by atoms with van der Waals surface area (Å²) >= 11 is 0. The van der Waals surface area contributed by atoms with Gasteiger partial charge in [0.15, 0.2) is 0 Å². The van der Waals surface area contributed by atoms with E-state index >= 15 is 0 Å². The lowest BCUT2D eigenvalue weighted by Crippen LogP contribution is -2.35. The van der Waals surface area contributed by atoms with Crippen LogP contribution in [-0.2, 0) is 4.79 Å². The average molecular weight is 260 g/mol. The van der Waals surface area contributed by atoms with E-state index in [0.717, 1.165) is 24.0 Å². The Labute approximate surface area is 113 Å². The van der Waals surface area contributed by atoms with Gasteiger partial charge in [-0.25, -0.2) is 0 Å². The molecule has 0 spiro atoms. The normalized spacial score (nSPS) is 14.0. The summed E-state index contributed by atoms with van der Waals surface area (Å²) in [4.78, 5) is 23.3. The molecular weight excluding hydrogens is 240 g/mol. The van der Waals surface area contributed by atoms with E-state index in [4.69, 9.17) is 0 Å². The van der Waals surface area contributed by atoms with E-state index in [0.29, 0.717) is 18.7 Å². The molecule has 1 fully saturated rings. The number of carbonyl (C=O) groups is 2. The molecule has 2 amide bonds. The Morgan fingerprint density at radius 3 is 2.21 bits per heavy atom. The molecule has 1 aromatic rings. The molecule has 0 unspecified atom stereocenters. The fourth-order valence-corrected chi connectivity index (χ4v) is 2.06. The van der Waals surface area contributed by atoms with Gasteiger partial charge in [0, 0.05) is 24.6 Å². The summed E-state index contributed by atoms with van der Waals surface area (Å²) < 4.78 is 0. The van der Waals surface area contributed by atoms with Crippen LogP contribution in [0, 0.1) is 19.8 Å². The lowest BCUT2D eigenvalue weighted by atomic mass is 10.1. The van der Waals surface area contributed by atoms with E-state index in [1.165, 1.54) is 0 Å². The molecule has 2 rings (SSSR count). The Morgan fingerprint density at radius 1 is 1.05 bits per heavy atom. The Hall–Kier alpha value is -1.84. The van der Waals surface area contributed by atoms with Crippen LogP contribution in [0.4, 0.5) is 0 Å². The molecule has 102 valence electrons. The highest BCUT2D eigenvalue weighted by molar-refractivity contribution is 5.94. The van der Waals surface area contributed by atoms with Crippen molar-refractivity contribution in [3.05, 3.63) is 34.9 Å². The van der Waals surface area contributed by atoms with Gasteiger partial charge in [0.1, 0.15) is 0 Å². The molecule has 0 atom stereocenters. The Bertz CT molecular complexity index is 473. The zero-order valence-electron chi connectivity index (χ0n) is 11.5. The van der Waals surface area contributed by atoms with Crippen LogP contribution in [0.1, 0.15) is 34.3 Å². The standard InChI is InChI=1S/C15H20N2O2/c1-10-7-11(2)9-13(8-10)15(19)17-6-5-16-14(18)12-3-4-12/h7-9,12H,3-6H2,1-2H3,(H,16,18)(H,17,19). The number of hydrogen-bond donors (Lipinski definition) is 2. The van der Waals surface area contributed by atoms with Crippen molar-refractivity contribution in [3.8, 4) is 0 Å². The second-order valence-electron chi connectivity index (χ2n) is 5.20. The van der Waals surface area contributed by atoms with Crippen LogP contribution in [0.2, 0.25) is 0 Å². The predicted molar refractivity (Wildman–Crippen MR) is 74.0 cm³/mol. The summed E-state index contributed by atoms with van der Waals surface area (Å²) in [7, 11) is 0. The number of benzene rings is 1. The average Bonchev–Trinajstić information content (AvgIpc) is 3.17. The summed E-state index contributed by atoms with van der Waals surface area (Å²) in [6.07, 6.45) is 2.00. The van der Waals surface area contributed by atoms with Gasteiger partial charge in [-0.15, -0.1) is 0 Å². The second kappa shape index (κ2) is 5.87. The Balaban J connectivity index is 1.75. The Kier molecular flexibility index (Phi) is 4.20. The third-order valence-corrected chi connectivity index (χ3v) is 3.14. The molecule has 1 aliphatic rings. The zero-order chi connectivity index (χ0) is 13.8. The molecular formula is C15H20N2O2. The van der Waals surface area contributed by atoms with E-state index in [2.05, 4.69) is 10.6 Å². The molecule has 0 aliphatic heterocycles. The number of amides is 2. The van der Waals surface area contributed by atoms with E-state index in [9.17, 15) is 9.59 Å². The van der Waals surface area contributed by atoms with Crippen molar-refractivity contribution in [3.63, 3.8) is 0 Å². The topological polar surface area (TPSA) is 58.2 Å². The van der Waals surface area contributed by atoms with Gasteiger partial charge in [-0.1, -0.05) is 17.2 Å². The number of rotatable bonds is 5. The second-order valence-corrected chi connectivity index (χ2v) is 5.20. The third-order valence-electron chi connectivity index (χ3n) is 3.14. The van der Waals surface area contributed by atoms with Gasteiger partial charge in [-0.05, 0) is 38.8 Å². The van der Waals surface area contributed by atoms with Crippen molar-refractivity contribution in [2.24, 2.45) is 5.92 Å². The maximum atomic E-state index is 11.9. The fraction of sp³-hybridized carbons (Fsp3) is 0.467. The van der Waals surface area contributed by atoms with Crippen molar-refractivity contribution in [2.75, 3.05) is 13.1 Å². The molecule has 0 radical (unpaired) electrons. The smallest absolute Gasteiger partial charge is 0.251 e. The van der Waals surface area contributed by atoms with E-state index in [1.807, 2.05) is 32.0 Å². The summed E-state index contributed by atoms with van der Waals surface area (Å²) in [5.41, 5.74) is 2.82. The quantitative estimate of drug-likeness (QED) is 0.789. The molecule has 1 saturated carbocycles. The molecule has 19 heavy (non-hydrogen) atoms. The van der Waals surface area contributed by atoms with Gasteiger partial charge in [-0.3, -0.25) is 9.59 Å². The first kappa shape index (κ1) is 13.6. The fourth-order valence-electron chi connectivity index (χ4n) is 2.06. The van der Waals surface area contributed by atoms with Crippen LogP contribution in [-0.4, -0.2) is 24.9 Å². The SMILES string of the molecule is Cc1cc(C)cc(C(=O)NCCNC(=O)C2CC2)c1. The molecule has 0 bridgehead atoms. The predicted octanol–water partition coefficient (Wildman–Crippen LogP) is 1.56. The summed E-state index contributed by atoms with van der Waals surface area (Å²) in [6, 6.07) is 5.77. The monoisotopic (exact) mass is 260 g/mol. The summed E-state index contributed by atoms with van der Waals surface area (Å²) in [6.45, 7) is 4.90. The minimum atomic E-state index is -0.0903. The van der Waals surface area contributed by atoms with Crippen LogP contribution >= 0.6 is 0 Å².